The molecule has 0 radical (unpaired) electrons. The van der Waals surface area contributed by atoms with Gasteiger partial charge in [0.1, 0.15) is 11.3 Å². The molecule has 118 valence electrons. The Morgan fingerprint density at radius 2 is 2.04 bits per heavy atom. The lowest BCUT2D eigenvalue weighted by molar-refractivity contribution is -0.0501. The van der Waals surface area contributed by atoms with Crippen LogP contribution in [0.1, 0.15) is 16.2 Å². The highest BCUT2D eigenvalue weighted by Crippen LogP contribution is 2.23. The van der Waals surface area contributed by atoms with Crippen LogP contribution in [0.25, 0.3) is 11.1 Å². The lowest BCUT2D eigenvalue weighted by Gasteiger charge is -2.10. The summed E-state index contributed by atoms with van der Waals surface area (Å²) in [5.41, 5.74) is 1.69. The fourth-order valence-corrected chi connectivity index (χ4v) is 2.17. The van der Waals surface area contributed by atoms with E-state index in [0.717, 1.165) is 0 Å². The molecule has 0 aliphatic rings. The van der Waals surface area contributed by atoms with Crippen molar-refractivity contribution >= 4 is 22.7 Å². The van der Waals surface area contributed by atoms with Crippen LogP contribution in [0.3, 0.4) is 0 Å². The molecule has 3 rings (SSSR count). The van der Waals surface area contributed by atoms with Gasteiger partial charge in [-0.15, -0.1) is 0 Å². The van der Waals surface area contributed by atoms with Gasteiger partial charge in [-0.2, -0.15) is 8.78 Å². The van der Waals surface area contributed by atoms with E-state index < -0.39 is 12.5 Å². The number of carbonyl (C=O) groups excluding carboxylic acids is 1. The molecule has 3 aromatic rings. The lowest BCUT2D eigenvalue weighted by atomic mass is 10.2. The van der Waals surface area contributed by atoms with E-state index >= 15 is 0 Å². The van der Waals surface area contributed by atoms with Crippen LogP contribution in [-0.2, 0) is 0 Å². The van der Waals surface area contributed by atoms with Crippen molar-refractivity contribution in [1.82, 2.24) is 4.98 Å². The molecule has 0 saturated heterocycles. The van der Waals surface area contributed by atoms with Crippen molar-refractivity contribution in [2.24, 2.45) is 0 Å². The van der Waals surface area contributed by atoms with Crippen molar-refractivity contribution < 1.29 is 22.7 Å². The second-order valence-corrected chi connectivity index (χ2v) is 4.74. The lowest BCUT2D eigenvalue weighted by Crippen LogP contribution is -2.14. The number of aryl methyl sites for hydroxylation is 1. The summed E-state index contributed by atoms with van der Waals surface area (Å²) in [6.07, 6.45) is 0. The van der Waals surface area contributed by atoms with Gasteiger partial charge >= 0.3 is 6.61 Å². The first-order valence-electron chi connectivity index (χ1n) is 6.75. The summed E-state index contributed by atoms with van der Waals surface area (Å²) in [7, 11) is 0. The maximum Gasteiger partial charge on any atom is 0.387 e. The van der Waals surface area contributed by atoms with Crippen molar-refractivity contribution in [3.05, 3.63) is 53.9 Å². The van der Waals surface area contributed by atoms with E-state index in [-0.39, 0.29) is 11.3 Å². The zero-order valence-corrected chi connectivity index (χ0v) is 12.0. The normalized spacial score (nSPS) is 11.0. The smallest absolute Gasteiger partial charge is 0.387 e. The average Bonchev–Trinajstić information content (AvgIpc) is 2.86. The monoisotopic (exact) mass is 318 g/mol. The summed E-state index contributed by atoms with van der Waals surface area (Å²) in [6, 6.07) is 10.8. The fraction of sp³-hybridized carbons (Fsp3) is 0.125. The van der Waals surface area contributed by atoms with Crippen LogP contribution in [0.4, 0.5) is 14.5 Å². The fourth-order valence-electron chi connectivity index (χ4n) is 2.17. The third kappa shape index (κ3) is 3.28. The third-order valence-corrected chi connectivity index (χ3v) is 3.10. The number of hydrogen-bond donors (Lipinski definition) is 1. The van der Waals surface area contributed by atoms with Gasteiger partial charge in [0.15, 0.2) is 11.5 Å². The Bertz CT molecular complexity index is 861. The number of anilines is 1. The Hall–Kier alpha value is -2.96. The van der Waals surface area contributed by atoms with Gasteiger partial charge in [-0.3, -0.25) is 4.79 Å². The molecule has 0 saturated carbocycles. The van der Waals surface area contributed by atoms with Crippen LogP contribution in [0.15, 0.2) is 46.9 Å². The van der Waals surface area contributed by atoms with E-state index in [0.29, 0.717) is 22.7 Å². The van der Waals surface area contributed by atoms with Gasteiger partial charge in [-0.05, 0) is 30.3 Å². The van der Waals surface area contributed by atoms with E-state index in [2.05, 4.69) is 15.0 Å². The number of para-hydroxylation sites is 1. The summed E-state index contributed by atoms with van der Waals surface area (Å²) in [5.74, 6) is -0.224. The number of amides is 1. The molecular weight excluding hydrogens is 306 g/mol. The first-order chi connectivity index (χ1) is 11.0. The molecule has 1 amide bonds. The van der Waals surface area contributed by atoms with Gasteiger partial charge in [0.2, 0.25) is 0 Å². The molecule has 0 aliphatic heterocycles. The molecule has 0 fully saturated rings. The quantitative estimate of drug-likeness (QED) is 0.790. The van der Waals surface area contributed by atoms with Crippen LogP contribution >= 0.6 is 0 Å². The molecule has 1 N–H and O–H groups in total. The number of ether oxygens (including phenoxy) is 1. The molecule has 2 aromatic carbocycles. The van der Waals surface area contributed by atoms with Crippen molar-refractivity contribution in [3.63, 3.8) is 0 Å². The number of nitrogens with one attached hydrogen (secondary N) is 1. The number of nitrogens with zero attached hydrogens (tertiary/aromatic N) is 1. The maximum absolute atomic E-state index is 12.4. The van der Waals surface area contributed by atoms with Crippen molar-refractivity contribution in [1.29, 1.82) is 0 Å². The van der Waals surface area contributed by atoms with Crippen molar-refractivity contribution in [2.45, 2.75) is 13.5 Å². The van der Waals surface area contributed by atoms with Gasteiger partial charge in [-0.1, -0.05) is 12.1 Å². The molecule has 0 spiro atoms. The predicted molar refractivity (Wildman–Crippen MR) is 79.8 cm³/mol. The van der Waals surface area contributed by atoms with Crippen LogP contribution in [0, 0.1) is 6.92 Å². The molecule has 1 heterocycles. The summed E-state index contributed by atoms with van der Waals surface area (Å²) in [6.45, 7) is -1.28. The Kier molecular flexibility index (Phi) is 3.92. The highest BCUT2D eigenvalue weighted by molar-refractivity contribution is 6.06. The van der Waals surface area contributed by atoms with E-state index in [4.69, 9.17) is 4.42 Å². The number of aromatic nitrogens is 1. The van der Waals surface area contributed by atoms with Crippen molar-refractivity contribution in [2.75, 3.05) is 5.32 Å². The minimum absolute atomic E-state index is 0.0178. The first kappa shape index (κ1) is 15.0. The molecule has 23 heavy (non-hydrogen) atoms. The maximum atomic E-state index is 12.4. The Morgan fingerprint density at radius 1 is 1.26 bits per heavy atom. The van der Waals surface area contributed by atoms with Crippen molar-refractivity contribution in [3.8, 4) is 5.75 Å². The number of hydrogen-bond acceptors (Lipinski definition) is 4. The van der Waals surface area contributed by atoms with Gasteiger partial charge in [0.25, 0.3) is 5.91 Å². The number of carbonyl (C=O) groups is 1. The number of benzene rings is 2. The van der Waals surface area contributed by atoms with Gasteiger partial charge < -0.3 is 14.5 Å². The second-order valence-electron chi connectivity index (χ2n) is 4.74. The minimum Gasteiger partial charge on any atom is -0.441 e. The zero-order valence-electron chi connectivity index (χ0n) is 12.0. The third-order valence-electron chi connectivity index (χ3n) is 3.10. The zero-order chi connectivity index (χ0) is 16.4. The first-order valence-corrected chi connectivity index (χ1v) is 6.75. The number of oxazole rings is 1. The highest BCUT2D eigenvalue weighted by Gasteiger charge is 2.15. The standard InChI is InChI=1S/C16H12F2N2O3/c1-9-19-12-8-10(6-7-14(12)22-9)20-15(21)11-4-2-3-5-13(11)23-16(17)18/h2-8,16H,1H3,(H,20,21). The number of halogens is 2. The van der Waals surface area contributed by atoms with Gasteiger partial charge in [-0.25, -0.2) is 4.98 Å². The summed E-state index contributed by atoms with van der Waals surface area (Å²) in [5, 5.41) is 2.63. The molecule has 1 aromatic heterocycles. The van der Waals surface area contributed by atoms with Gasteiger partial charge in [0, 0.05) is 12.6 Å². The summed E-state index contributed by atoms with van der Waals surface area (Å²) in [4.78, 5) is 16.4. The molecule has 0 atom stereocenters. The average molecular weight is 318 g/mol. The molecule has 0 bridgehead atoms. The van der Waals surface area contributed by atoms with Gasteiger partial charge in [0.05, 0.1) is 5.56 Å². The second kappa shape index (κ2) is 6.04. The Labute approximate surface area is 129 Å². The van der Waals surface area contributed by atoms with E-state index in [9.17, 15) is 13.6 Å². The predicted octanol–water partition coefficient (Wildman–Crippen LogP) is 3.99. The van der Waals surface area contributed by atoms with Crippen LogP contribution in [-0.4, -0.2) is 17.5 Å². The Morgan fingerprint density at radius 3 is 2.83 bits per heavy atom. The molecular formula is C16H12F2N2O3. The molecule has 0 aliphatic carbocycles. The van der Waals surface area contributed by atoms with Crippen LogP contribution < -0.4 is 10.1 Å². The number of alkyl halides is 2. The highest BCUT2D eigenvalue weighted by atomic mass is 19.3. The molecule has 7 heteroatoms. The number of fused-ring (bicyclic) bond motifs is 1. The van der Waals surface area contributed by atoms with E-state index in [1.165, 1.54) is 18.2 Å². The van der Waals surface area contributed by atoms with Crippen LogP contribution in [0.2, 0.25) is 0 Å². The largest absolute Gasteiger partial charge is 0.441 e. The molecule has 5 nitrogen and oxygen atoms in total. The summed E-state index contributed by atoms with van der Waals surface area (Å²) < 4.78 is 34.5. The molecule has 0 unspecified atom stereocenters. The van der Waals surface area contributed by atoms with E-state index in [1.54, 1.807) is 31.2 Å². The minimum atomic E-state index is -3.00. The topological polar surface area (TPSA) is 64.4 Å². The van der Waals surface area contributed by atoms with Crippen LogP contribution in [0.5, 0.6) is 5.75 Å². The summed E-state index contributed by atoms with van der Waals surface area (Å²) >= 11 is 0. The van der Waals surface area contributed by atoms with E-state index in [1.807, 2.05) is 0 Å². The number of rotatable bonds is 4. The SMILES string of the molecule is Cc1nc2cc(NC(=O)c3ccccc3OC(F)F)ccc2o1. The Balaban J connectivity index is 1.85.